The number of hydrogen-bond acceptors (Lipinski definition) is 3. The second-order valence-electron chi connectivity index (χ2n) is 2.00. The molecule has 0 aliphatic carbocycles. The Morgan fingerprint density at radius 2 is 1.25 bits per heavy atom. The summed E-state index contributed by atoms with van der Waals surface area (Å²) in [5, 5.41) is 0.204. The van der Waals surface area contributed by atoms with E-state index in [9.17, 15) is 0 Å². The third-order valence-electron chi connectivity index (χ3n) is 1.16. The molecule has 1 rings (SSSR count). The number of halogens is 2. The summed E-state index contributed by atoms with van der Waals surface area (Å²) < 4.78 is 0. The van der Waals surface area contributed by atoms with Gasteiger partial charge in [0.1, 0.15) is 0 Å². The molecule has 1 aromatic carbocycles. The predicted molar refractivity (Wildman–Crippen MR) is 46.1 cm³/mol. The Morgan fingerprint density at radius 3 is 1.50 bits per heavy atom. The van der Waals surface area contributed by atoms with E-state index in [-0.39, 0.29) is 14.7 Å². The Hall–Kier alpha value is -0.610. The molecule has 12 heavy (non-hydrogen) atoms. The maximum absolute atomic E-state index is 8.74. The second-order valence-corrected chi connectivity index (χ2v) is 3.85. The van der Waals surface area contributed by atoms with Gasteiger partial charge in [0.2, 0.25) is 0 Å². The van der Waals surface area contributed by atoms with E-state index in [0.717, 1.165) is 0 Å². The van der Waals surface area contributed by atoms with Crippen LogP contribution in [0.15, 0.2) is 30.3 Å². The molecular weight excluding hydrogens is 189 g/mol. The summed E-state index contributed by atoms with van der Waals surface area (Å²) in [5.41, 5.74) is 0. The van der Waals surface area contributed by atoms with E-state index < -0.39 is 7.94 Å². The SMILES string of the molecule is F.F.O[PH](O)(O)c1ccccc1. The van der Waals surface area contributed by atoms with Crippen LogP contribution in [0, 0.1) is 0 Å². The standard InChI is InChI=1S/C6H9O3P.2FH/c7-10(8,9)6-4-2-1-3-5-6;;/h1-5,7-10H;2*1H. The number of rotatable bonds is 1. The van der Waals surface area contributed by atoms with Gasteiger partial charge in [0.25, 0.3) is 0 Å². The van der Waals surface area contributed by atoms with Crippen molar-refractivity contribution in [3.05, 3.63) is 30.3 Å². The molecular formula is C6H11F2O3P. The average molecular weight is 200 g/mol. The van der Waals surface area contributed by atoms with Gasteiger partial charge in [-0.2, -0.15) is 0 Å². The average Bonchev–Trinajstić information content (AvgIpc) is 1.88. The Kier molecular flexibility index (Phi) is 5.94. The fourth-order valence-electron chi connectivity index (χ4n) is 0.662. The van der Waals surface area contributed by atoms with E-state index in [1.807, 2.05) is 0 Å². The minimum atomic E-state index is -4.03. The van der Waals surface area contributed by atoms with E-state index in [1.165, 1.54) is 12.1 Å². The van der Waals surface area contributed by atoms with Crippen molar-refractivity contribution in [2.45, 2.75) is 0 Å². The van der Waals surface area contributed by atoms with Crippen molar-refractivity contribution in [2.24, 2.45) is 0 Å². The molecule has 0 fully saturated rings. The van der Waals surface area contributed by atoms with Crippen LogP contribution in [0.3, 0.4) is 0 Å². The Labute approximate surface area is 68.6 Å². The first-order valence-electron chi connectivity index (χ1n) is 2.83. The molecule has 0 heterocycles. The van der Waals surface area contributed by atoms with Crippen LogP contribution in [0.25, 0.3) is 0 Å². The Bertz CT molecular complexity index is 212. The van der Waals surface area contributed by atoms with Crippen LogP contribution in [0.2, 0.25) is 0 Å². The molecule has 0 aromatic heterocycles. The van der Waals surface area contributed by atoms with Gasteiger partial charge in [-0.3, -0.25) is 9.41 Å². The number of benzene rings is 1. The van der Waals surface area contributed by atoms with Crippen LogP contribution in [0.1, 0.15) is 0 Å². The second kappa shape index (κ2) is 5.11. The summed E-state index contributed by atoms with van der Waals surface area (Å²) in [6.45, 7) is 0. The van der Waals surface area contributed by atoms with E-state index in [2.05, 4.69) is 0 Å². The van der Waals surface area contributed by atoms with Gasteiger partial charge in [-0.25, -0.2) is 0 Å². The first-order valence-corrected chi connectivity index (χ1v) is 4.67. The third kappa shape index (κ3) is 3.69. The van der Waals surface area contributed by atoms with Crippen LogP contribution in [-0.4, -0.2) is 14.7 Å². The molecule has 72 valence electrons. The Morgan fingerprint density at radius 1 is 0.833 bits per heavy atom. The van der Waals surface area contributed by atoms with Crippen LogP contribution < -0.4 is 5.30 Å². The molecule has 3 N–H and O–H groups in total. The first-order chi connectivity index (χ1) is 4.61. The summed E-state index contributed by atoms with van der Waals surface area (Å²) in [5.74, 6) is 0. The molecule has 0 aliphatic rings. The van der Waals surface area contributed by atoms with Gasteiger partial charge in [0.15, 0.2) is 0 Å². The molecule has 0 saturated heterocycles. The zero-order chi connectivity index (χ0) is 7.61. The van der Waals surface area contributed by atoms with E-state index in [1.54, 1.807) is 18.2 Å². The molecule has 6 heteroatoms. The fraction of sp³-hybridized carbons (Fsp3) is 0. The summed E-state index contributed by atoms with van der Waals surface area (Å²) in [7, 11) is -4.03. The monoisotopic (exact) mass is 200 g/mol. The maximum atomic E-state index is 8.74. The minimum absolute atomic E-state index is 0. The van der Waals surface area contributed by atoms with Gasteiger partial charge >= 0.3 is 58.3 Å². The van der Waals surface area contributed by atoms with Gasteiger partial charge in [-0.1, -0.05) is 0 Å². The van der Waals surface area contributed by atoms with Crippen molar-refractivity contribution in [3.8, 4) is 0 Å². The van der Waals surface area contributed by atoms with Gasteiger partial charge in [0, 0.05) is 0 Å². The predicted octanol–water partition coefficient (Wildman–Crippen LogP) is 0.0887. The molecule has 0 bridgehead atoms. The van der Waals surface area contributed by atoms with Crippen molar-refractivity contribution in [1.29, 1.82) is 0 Å². The molecule has 0 atom stereocenters. The zero-order valence-electron chi connectivity index (χ0n) is 6.04. The molecule has 0 spiro atoms. The van der Waals surface area contributed by atoms with Crippen molar-refractivity contribution in [2.75, 3.05) is 0 Å². The van der Waals surface area contributed by atoms with Gasteiger partial charge in [0.05, 0.1) is 0 Å². The summed E-state index contributed by atoms with van der Waals surface area (Å²) >= 11 is 0. The van der Waals surface area contributed by atoms with Crippen molar-refractivity contribution in [3.63, 3.8) is 0 Å². The quantitative estimate of drug-likeness (QED) is 0.563. The van der Waals surface area contributed by atoms with Crippen LogP contribution in [0.4, 0.5) is 9.41 Å². The van der Waals surface area contributed by atoms with Gasteiger partial charge in [-0.05, 0) is 0 Å². The normalized spacial score (nSPS) is 10.9. The van der Waals surface area contributed by atoms with E-state index in [4.69, 9.17) is 14.7 Å². The molecule has 1 aromatic rings. The third-order valence-corrected chi connectivity index (χ3v) is 2.27. The van der Waals surface area contributed by atoms with Crippen molar-refractivity contribution < 1.29 is 24.1 Å². The molecule has 0 unspecified atom stereocenters. The topological polar surface area (TPSA) is 60.7 Å². The molecule has 0 amide bonds. The van der Waals surface area contributed by atoms with Crippen LogP contribution in [0.5, 0.6) is 0 Å². The Balaban J connectivity index is 0. The van der Waals surface area contributed by atoms with E-state index in [0.29, 0.717) is 0 Å². The first kappa shape index (κ1) is 13.9. The van der Waals surface area contributed by atoms with Crippen LogP contribution >= 0.6 is 7.94 Å². The van der Waals surface area contributed by atoms with Gasteiger partial charge in [-0.15, -0.1) is 0 Å². The van der Waals surface area contributed by atoms with Crippen LogP contribution in [-0.2, 0) is 0 Å². The number of hydrogen-bond donors (Lipinski definition) is 3. The van der Waals surface area contributed by atoms with Crippen molar-refractivity contribution >= 4 is 13.2 Å². The summed E-state index contributed by atoms with van der Waals surface area (Å²) in [4.78, 5) is 26.2. The van der Waals surface area contributed by atoms with E-state index >= 15 is 0 Å². The molecule has 0 saturated carbocycles. The summed E-state index contributed by atoms with van der Waals surface area (Å²) in [6.07, 6.45) is 0. The molecule has 0 aliphatic heterocycles. The molecule has 0 radical (unpaired) electrons. The zero-order valence-corrected chi connectivity index (χ0v) is 7.04. The summed E-state index contributed by atoms with van der Waals surface area (Å²) in [6, 6.07) is 7.97. The van der Waals surface area contributed by atoms with Crippen molar-refractivity contribution in [1.82, 2.24) is 0 Å². The molecule has 3 nitrogen and oxygen atoms in total. The fourth-order valence-corrected chi connectivity index (χ4v) is 1.30. The van der Waals surface area contributed by atoms with Gasteiger partial charge < -0.3 is 0 Å².